The maximum absolute atomic E-state index is 5.18. The Hall–Kier alpha value is -0.920. The molecule has 0 radical (unpaired) electrons. The van der Waals surface area contributed by atoms with Crippen LogP contribution in [0.1, 0.15) is 26.7 Å². The van der Waals surface area contributed by atoms with E-state index in [1.165, 1.54) is 0 Å². The van der Waals surface area contributed by atoms with Gasteiger partial charge in [0.05, 0.1) is 6.26 Å². The van der Waals surface area contributed by atoms with E-state index in [2.05, 4.69) is 25.2 Å². The molecule has 0 aliphatic carbocycles. The van der Waals surface area contributed by atoms with Crippen LogP contribution in [0.3, 0.4) is 0 Å². The minimum Gasteiger partial charge on any atom is -0.500 e. The number of ether oxygens (including phenoxy) is 1. The fraction of sp³-hybridized carbons (Fsp3) is 0.600. The van der Waals surface area contributed by atoms with Crippen LogP contribution in [0.2, 0.25) is 0 Å². The largest absolute Gasteiger partial charge is 0.500 e. The van der Waals surface area contributed by atoms with E-state index in [9.17, 15) is 0 Å². The van der Waals surface area contributed by atoms with Crippen molar-refractivity contribution in [3.8, 4) is 0 Å². The number of hydrogen-bond donors (Lipinski definition) is 1. The van der Waals surface area contributed by atoms with E-state index in [1.807, 2.05) is 12.3 Å². The lowest BCUT2D eigenvalue weighted by atomic mass is 10.5. The highest BCUT2D eigenvalue weighted by Gasteiger charge is 1.78. The Morgan fingerprint density at radius 3 is 2.58 bits per heavy atom. The zero-order valence-corrected chi connectivity index (χ0v) is 8.05. The highest BCUT2D eigenvalue weighted by Crippen LogP contribution is 1.81. The third kappa shape index (κ3) is 9.08. The van der Waals surface area contributed by atoms with Crippen molar-refractivity contribution >= 4 is 0 Å². The molecule has 0 bridgehead atoms. The topological polar surface area (TPSA) is 21.3 Å². The number of hydrogen-bond acceptors (Lipinski definition) is 2. The normalized spacial score (nSPS) is 11.2. The Bertz CT molecular complexity index is 114. The molecule has 0 atom stereocenters. The number of rotatable bonds is 7. The van der Waals surface area contributed by atoms with E-state index in [1.54, 1.807) is 6.26 Å². The summed E-state index contributed by atoms with van der Waals surface area (Å²) in [4.78, 5) is 0. The molecule has 0 spiro atoms. The molecule has 70 valence electrons. The van der Waals surface area contributed by atoms with Crippen molar-refractivity contribution in [3.05, 3.63) is 24.6 Å². The first-order valence-corrected chi connectivity index (χ1v) is 4.56. The molecule has 12 heavy (non-hydrogen) atoms. The van der Waals surface area contributed by atoms with Crippen molar-refractivity contribution in [1.82, 2.24) is 5.32 Å². The molecule has 0 aromatic heterocycles. The van der Waals surface area contributed by atoms with Crippen LogP contribution in [0.15, 0.2) is 24.6 Å². The summed E-state index contributed by atoms with van der Waals surface area (Å²) in [6.45, 7) is 5.79. The van der Waals surface area contributed by atoms with Crippen molar-refractivity contribution in [2.24, 2.45) is 0 Å². The third-order valence-electron chi connectivity index (χ3n) is 1.26. The van der Waals surface area contributed by atoms with Crippen LogP contribution in [0.4, 0.5) is 0 Å². The van der Waals surface area contributed by atoms with Crippen LogP contribution < -0.4 is 5.32 Å². The molecule has 2 heteroatoms. The van der Waals surface area contributed by atoms with Gasteiger partial charge in [0.1, 0.15) is 6.61 Å². The van der Waals surface area contributed by atoms with Gasteiger partial charge in [-0.15, -0.1) is 0 Å². The van der Waals surface area contributed by atoms with Gasteiger partial charge in [-0.1, -0.05) is 26.0 Å². The average Bonchev–Trinajstić information content (AvgIpc) is 2.10. The molecule has 0 aromatic rings. The standard InChI is InChI=1S/C10H19NO/c1-3-5-7-11-8-10-12-9-6-4-2/h5-7,9,11H,3-4,8,10H2,1-2H3. The van der Waals surface area contributed by atoms with Crippen molar-refractivity contribution in [2.75, 3.05) is 13.2 Å². The van der Waals surface area contributed by atoms with Gasteiger partial charge in [0.25, 0.3) is 0 Å². The summed E-state index contributed by atoms with van der Waals surface area (Å²) in [7, 11) is 0. The quantitative estimate of drug-likeness (QED) is 0.467. The molecule has 0 unspecified atom stereocenters. The molecule has 1 N–H and O–H groups in total. The SMILES string of the molecule is CCC=CNCCOC=CCC. The van der Waals surface area contributed by atoms with Crippen molar-refractivity contribution in [3.63, 3.8) is 0 Å². The first kappa shape index (κ1) is 11.1. The Morgan fingerprint density at radius 2 is 1.92 bits per heavy atom. The number of nitrogens with one attached hydrogen (secondary N) is 1. The molecule has 0 aromatic carbocycles. The number of allylic oxidation sites excluding steroid dienone is 2. The van der Waals surface area contributed by atoms with Gasteiger partial charge in [0.15, 0.2) is 0 Å². The molecule has 0 saturated heterocycles. The van der Waals surface area contributed by atoms with Crippen LogP contribution in [0, 0.1) is 0 Å². The van der Waals surface area contributed by atoms with E-state index in [0.29, 0.717) is 0 Å². The molecule has 0 amide bonds. The fourth-order valence-corrected chi connectivity index (χ4v) is 0.635. The lowest BCUT2D eigenvalue weighted by Crippen LogP contribution is -2.11. The van der Waals surface area contributed by atoms with E-state index in [4.69, 9.17) is 4.74 Å². The van der Waals surface area contributed by atoms with E-state index in [-0.39, 0.29) is 0 Å². The molecule has 2 nitrogen and oxygen atoms in total. The van der Waals surface area contributed by atoms with Crippen LogP contribution in [-0.2, 0) is 4.74 Å². The van der Waals surface area contributed by atoms with Gasteiger partial charge < -0.3 is 10.1 Å². The van der Waals surface area contributed by atoms with Gasteiger partial charge in [-0.25, -0.2) is 0 Å². The summed E-state index contributed by atoms with van der Waals surface area (Å²) in [5, 5.41) is 3.12. The second-order valence-electron chi connectivity index (χ2n) is 2.42. The van der Waals surface area contributed by atoms with E-state index in [0.717, 1.165) is 26.0 Å². The fourth-order valence-electron chi connectivity index (χ4n) is 0.635. The molecule has 0 aliphatic rings. The summed E-state index contributed by atoms with van der Waals surface area (Å²) >= 11 is 0. The Labute approximate surface area is 75.3 Å². The lowest BCUT2D eigenvalue weighted by molar-refractivity contribution is 0.252. The molecule has 0 aliphatic heterocycles. The smallest absolute Gasteiger partial charge is 0.104 e. The molecule has 0 heterocycles. The predicted molar refractivity (Wildman–Crippen MR) is 52.8 cm³/mol. The highest BCUT2D eigenvalue weighted by atomic mass is 16.5. The molecule has 0 fully saturated rings. The van der Waals surface area contributed by atoms with Crippen molar-refractivity contribution in [1.29, 1.82) is 0 Å². The summed E-state index contributed by atoms with van der Waals surface area (Å²) in [5.74, 6) is 0. The Kier molecular flexibility index (Phi) is 9.31. The van der Waals surface area contributed by atoms with Gasteiger partial charge >= 0.3 is 0 Å². The summed E-state index contributed by atoms with van der Waals surface area (Å²) < 4.78 is 5.18. The Morgan fingerprint density at radius 1 is 1.17 bits per heavy atom. The first-order valence-electron chi connectivity index (χ1n) is 4.56. The van der Waals surface area contributed by atoms with Gasteiger partial charge in [-0.2, -0.15) is 0 Å². The highest BCUT2D eigenvalue weighted by molar-refractivity contribution is 4.77. The average molecular weight is 169 g/mol. The second kappa shape index (κ2) is 10.1. The van der Waals surface area contributed by atoms with Crippen LogP contribution in [0.25, 0.3) is 0 Å². The molecular formula is C10H19NO. The summed E-state index contributed by atoms with van der Waals surface area (Å²) in [6.07, 6.45) is 9.91. The lowest BCUT2D eigenvalue weighted by Gasteiger charge is -1.99. The minimum absolute atomic E-state index is 0.727. The third-order valence-corrected chi connectivity index (χ3v) is 1.26. The second-order valence-corrected chi connectivity index (χ2v) is 2.42. The zero-order chi connectivity index (χ0) is 9.07. The molecule has 0 rings (SSSR count). The van der Waals surface area contributed by atoms with E-state index < -0.39 is 0 Å². The van der Waals surface area contributed by atoms with Crippen LogP contribution in [-0.4, -0.2) is 13.2 Å². The van der Waals surface area contributed by atoms with Crippen molar-refractivity contribution < 1.29 is 4.74 Å². The van der Waals surface area contributed by atoms with Crippen LogP contribution >= 0.6 is 0 Å². The summed E-state index contributed by atoms with van der Waals surface area (Å²) in [5.41, 5.74) is 0. The van der Waals surface area contributed by atoms with Crippen molar-refractivity contribution in [2.45, 2.75) is 26.7 Å². The van der Waals surface area contributed by atoms with Gasteiger partial charge in [0.2, 0.25) is 0 Å². The molecular weight excluding hydrogens is 150 g/mol. The molecule has 0 saturated carbocycles. The monoisotopic (exact) mass is 169 g/mol. The first-order chi connectivity index (χ1) is 5.91. The van der Waals surface area contributed by atoms with E-state index >= 15 is 0 Å². The maximum Gasteiger partial charge on any atom is 0.104 e. The summed E-state index contributed by atoms with van der Waals surface area (Å²) in [6, 6.07) is 0. The van der Waals surface area contributed by atoms with Gasteiger partial charge in [-0.3, -0.25) is 0 Å². The van der Waals surface area contributed by atoms with Gasteiger partial charge in [0, 0.05) is 6.54 Å². The predicted octanol–water partition coefficient (Wildman–Crippen LogP) is 2.44. The zero-order valence-electron chi connectivity index (χ0n) is 8.05. The minimum atomic E-state index is 0.727. The van der Waals surface area contributed by atoms with Gasteiger partial charge in [-0.05, 0) is 19.0 Å². The van der Waals surface area contributed by atoms with Crippen LogP contribution in [0.5, 0.6) is 0 Å². The maximum atomic E-state index is 5.18. The Balaban J connectivity index is 3.00.